The van der Waals surface area contributed by atoms with Crippen LogP contribution in [0.15, 0.2) is 63.1 Å². The van der Waals surface area contributed by atoms with Crippen molar-refractivity contribution in [3.8, 4) is 17.0 Å². The van der Waals surface area contributed by atoms with Gasteiger partial charge in [-0.3, -0.25) is 10.1 Å². The Balaban J connectivity index is 1.28. The average molecular weight is 446 g/mol. The topological polar surface area (TPSA) is 98.7 Å². The largest absolute Gasteiger partial charge is 0.484 e. The average Bonchev–Trinajstić information content (AvgIpc) is 3.33. The van der Waals surface area contributed by atoms with Gasteiger partial charge in [0.15, 0.2) is 6.61 Å². The van der Waals surface area contributed by atoms with Gasteiger partial charge >= 0.3 is 5.63 Å². The van der Waals surface area contributed by atoms with E-state index in [1.165, 1.54) is 23.0 Å². The lowest BCUT2D eigenvalue weighted by atomic mass is 10.1. The predicted molar refractivity (Wildman–Crippen MR) is 122 cm³/mol. The maximum atomic E-state index is 12.4. The molecule has 3 heterocycles. The highest BCUT2D eigenvalue weighted by atomic mass is 32.1. The molecule has 0 bridgehead atoms. The molecule has 32 heavy (non-hydrogen) atoms. The Morgan fingerprint density at radius 1 is 1.16 bits per heavy atom. The molecule has 9 heteroatoms. The van der Waals surface area contributed by atoms with Crippen LogP contribution in [-0.2, 0) is 4.79 Å². The quantitative estimate of drug-likeness (QED) is 0.406. The maximum Gasteiger partial charge on any atom is 0.336 e. The number of rotatable bonds is 5. The fourth-order valence-electron chi connectivity index (χ4n) is 3.36. The van der Waals surface area contributed by atoms with Gasteiger partial charge in [0.25, 0.3) is 11.9 Å². The number of hydrogen-bond donors (Lipinski definition) is 1. The number of fused-ring (bicyclic) bond motifs is 2. The minimum atomic E-state index is -0.430. The number of carbonyl (C=O) groups excluding carboxylic acids is 1. The second-order valence-corrected chi connectivity index (χ2v) is 8.20. The van der Waals surface area contributed by atoms with Gasteiger partial charge in [-0.15, -0.1) is 16.4 Å². The number of carbonyl (C=O) groups is 1. The zero-order chi connectivity index (χ0) is 22.2. The van der Waals surface area contributed by atoms with Gasteiger partial charge in [-0.05, 0) is 31.5 Å². The molecule has 5 rings (SSSR count). The zero-order valence-corrected chi connectivity index (χ0v) is 18.1. The Morgan fingerprint density at radius 2 is 1.97 bits per heavy atom. The smallest absolute Gasteiger partial charge is 0.336 e. The monoisotopic (exact) mass is 446 g/mol. The van der Waals surface area contributed by atoms with Crippen LogP contribution in [0.3, 0.4) is 0 Å². The first kappa shape index (κ1) is 20.0. The van der Waals surface area contributed by atoms with E-state index < -0.39 is 11.5 Å². The molecule has 0 spiro atoms. The summed E-state index contributed by atoms with van der Waals surface area (Å²) in [6.07, 6.45) is 0. The van der Waals surface area contributed by atoms with Gasteiger partial charge in [0.2, 0.25) is 4.96 Å². The molecule has 0 saturated heterocycles. The highest BCUT2D eigenvalue weighted by Gasteiger charge is 2.14. The number of aromatic nitrogens is 3. The van der Waals surface area contributed by atoms with Crippen molar-refractivity contribution in [2.24, 2.45) is 0 Å². The van der Waals surface area contributed by atoms with Crippen LogP contribution in [0.25, 0.3) is 27.2 Å². The van der Waals surface area contributed by atoms with E-state index in [0.717, 1.165) is 22.2 Å². The van der Waals surface area contributed by atoms with Crippen LogP contribution in [0, 0.1) is 13.8 Å². The van der Waals surface area contributed by atoms with Crippen LogP contribution in [0.1, 0.15) is 11.1 Å². The molecule has 1 amide bonds. The number of aryl methyl sites for hydroxylation is 2. The first-order valence-electron chi connectivity index (χ1n) is 9.85. The summed E-state index contributed by atoms with van der Waals surface area (Å²) >= 11 is 1.45. The number of anilines is 1. The number of nitrogens with one attached hydrogen (secondary N) is 1. The third-order valence-corrected chi connectivity index (χ3v) is 5.79. The number of hydrogen-bond acceptors (Lipinski definition) is 7. The van der Waals surface area contributed by atoms with Gasteiger partial charge in [-0.25, -0.2) is 9.31 Å². The standard InChI is InChI=1S/C23H18N4O4S/c1-13-3-5-15(6-4-13)18-12-32-23-25-22(26-27(18)23)24-20(28)11-30-16-7-8-17-14(2)9-21(29)31-19(17)10-16/h3-10,12H,11H2,1-2H3,(H,24,26,28). The molecule has 0 fully saturated rings. The SMILES string of the molecule is Cc1ccc(-c2csc3nc(NC(=O)COc4ccc5c(C)cc(=O)oc5c4)nn23)cc1. The molecule has 5 aromatic rings. The van der Waals surface area contributed by atoms with Crippen molar-refractivity contribution in [1.29, 1.82) is 0 Å². The summed E-state index contributed by atoms with van der Waals surface area (Å²) in [5.74, 6) is 0.228. The molecule has 3 aromatic heterocycles. The fourth-order valence-corrected chi connectivity index (χ4v) is 4.19. The second-order valence-electron chi connectivity index (χ2n) is 7.36. The molecule has 0 atom stereocenters. The number of amides is 1. The van der Waals surface area contributed by atoms with E-state index in [9.17, 15) is 9.59 Å². The van der Waals surface area contributed by atoms with E-state index in [1.54, 1.807) is 22.7 Å². The van der Waals surface area contributed by atoms with E-state index in [1.807, 2.05) is 43.5 Å². The lowest BCUT2D eigenvalue weighted by molar-refractivity contribution is -0.118. The van der Waals surface area contributed by atoms with Crippen molar-refractivity contribution in [2.45, 2.75) is 13.8 Å². The summed E-state index contributed by atoms with van der Waals surface area (Å²) < 4.78 is 12.5. The molecule has 1 N–H and O–H groups in total. The summed E-state index contributed by atoms with van der Waals surface area (Å²) in [7, 11) is 0. The van der Waals surface area contributed by atoms with Gasteiger partial charge in [-0.2, -0.15) is 4.98 Å². The third-order valence-electron chi connectivity index (χ3n) is 4.97. The second kappa shape index (κ2) is 7.93. The van der Waals surface area contributed by atoms with E-state index in [-0.39, 0.29) is 12.6 Å². The van der Waals surface area contributed by atoms with Crippen molar-refractivity contribution >= 4 is 39.1 Å². The molecule has 0 aliphatic carbocycles. The number of nitrogens with zero attached hydrogens (tertiary/aromatic N) is 3. The van der Waals surface area contributed by atoms with Crippen molar-refractivity contribution in [1.82, 2.24) is 14.6 Å². The molecule has 8 nitrogen and oxygen atoms in total. The zero-order valence-electron chi connectivity index (χ0n) is 17.3. The minimum Gasteiger partial charge on any atom is -0.484 e. The number of benzene rings is 2. The van der Waals surface area contributed by atoms with Crippen LogP contribution in [-0.4, -0.2) is 27.1 Å². The van der Waals surface area contributed by atoms with E-state index >= 15 is 0 Å². The molecule has 160 valence electrons. The lowest BCUT2D eigenvalue weighted by Crippen LogP contribution is -2.21. The molecule has 0 aliphatic rings. The minimum absolute atomic E-state index is 0.207. The Morgan fingerprint density at radius 3 is 2.78 bits per heavy atom. The van der Waals surface area contributed by atoms with Gasteiger partial charge < -0.3 is 9.15 Å². The van der Waals surface area contributed by atoms with Crippen molar-refractivity contribution < 1.29 is 13.9 Å². The van der Waals surface area contributed by atoms with Crippen LogP contribution in [0.4, 0.5) is 5.95 Å². The first-order valence-corrected chi connectivity index (χ1v) is 10.7. The van der Waals surface area contributed by atoms with Crippen molar-refractivity contribution in [3.63, 3.8) is 0 Å². The van der Waals surface area contributed by atoms with Crippen molar-refractivity contribution in [3.05, 3.63) is 75.5 Å². The third kappa shape index (κ3) is 3.85. The van der Waals surface area contributed by atoms with Gasteiger partial charge in [0.1, 0.15) is 11.3 Å². The van der Waals surface area contributed by atoms with E-state index in [4.69, 9.17) is 9.15 Å². The summed E-state index contributed by atoms with van der Waals surface area (Å²) in [5.41, 5.74) is 3.90. The number of ether oxygens (including phenoxy) is 1. The van der Waals surface area contributed by atoms with Crippen LogP contribution in [0.2, 0.25) is 0 Å². The molecular formula is C23H18N4O4S. The van der Waals surface area contributed by atoms with E-state index in [0.29, 0.717) is 16.3 Å². The highest BCUT2D eigenvalue weighted by Crippen LogP contribution is 2.26. The van der Waals surface area contributed by atoms with E-state index in [2.05, 4.69) is 15.4 Å². The van der Waals surface area contributed by atoms with Crippen LogP contribution >= 0.6 is 11.3 Å². The molecule has 2 aromatic carbocycles. The Hall–Kier alpha value is -3.98. The number of thiazole rings is 1. The predicted octanol–water partition coefficient (Wildman–Crippen LogP) is 4.20. The molecule has 0 saturated carbocycles. The summed E-state index contributed by atoms with van der Waals surface area (Å²) in [5, 5.41) is 9.86. The normalized spacial score (nSPS) is 11.2. The summed E-state index contributed by atoms with van der Waals surface area (Å²) in [6.45, 7) is 3.63. The van der Waals surface area contributed by atoms with Crippen molar-refractivity contribution in [2.75, 3.05) is 11.9 Å². The van der Waals surface area contributed by atoms with Gasteiger partial charge in [0.05, 0.1) is 5.69 Å². The van der Waals surface area contributed by atoms with Gasteiger partial charge in [0, 0.05) is 28.5 Å². The summed E-state index contributed by atoms with van der Waals surface area (Å²) in [6, 6.07) is 14.7. The van der Waals surface area contributed by atoms with Crippen LogP contribution in [0.5, 0.6) is 5.75 Å². The summed E-state index contributed by atoms with van der Waals surface area (Å²) in [4.78, 5) is 29.0. The maximum absolute atomic E-state index is 12.4. The Bertz CT molecular complexity index is 1520. The molecule has 0 aliphatic heterocycles. The van der Waals surface area contributed by atoms with Crippen LogP contribution < -0.4 is 15.7 Å². The molecular weight excluding hydrogens is 428 g/mol. The Labute approximate surface area is 186 Å². The van der Waals surface area contributed by atoms with Gasteiger partial charge in [-0.1, -0.05) is 29.8 Å². The Kier molecular flexibility index (Phi) is 4.95. The first-order chi connectivity index (χ1) is 15.5. The molecule has 0 radical (unpaired) electrons. The fraction of sp³-hybridized carbons (Fsp3) is 0.130. The highest BCUT2D eigenvalue weighted by molar-refractivity contribution is 7.15. The molecule has 0 unspecified atom stereocenters. The lowest BCUT2D eigenvalue weighted by Gasteiger charge is -2.07.